The normalized spacial score (nSPS) is 14.8. The Morgan fingerprint density at radius 1 is 1.30 bits per heavy atom. The second-order valence-corrected chi connectivity index (χ2v) is 4.76. The van der Waals surface area contributed by atoms with Gasteiger partial charge in [0.1, 0.15) is 5.75 Å². The number of phenols is 1. The minimum Gasteiger partial charge on any atom is -0.506 e. The van der Waals surface area contributed by atoms with Crippen LogP contribution in [0.5, 0.6) is 5.75 Å². The maximum Gasteiger partial charge on any atom is 0.229 e. The standard InChI is InChI=1S/C14H16N2O4/c1-9-2-3-10(11(17)8-9)15-12(18)6-7-16-13(19)4-5-14(16)20/h2-3,8,17H,4-7H2,1H3,(H,15,18). The lowest BCUT2D eigenvalue weighted by atomic mass is 10.2. The molecular formula is C14H16N2O4. The summed E-state index contributed by atoms with van der Waals surface area (Å²) in [6, 6.07) is 4.92. The number of amides is 3. The number of aromatic hydroxyl groups is 1. The molecule has 0 aliphatic carbocycles. The zero-order chi connectivity index (χ0) is 14.7. The largest absolute Gasteiger partial charge is 0.506 e. The highest BCUT2D eigenvalue weighted by atomic mass is 16.3. The van der Waals surface area contributed by atoms with Crippen LogP contribution in [0.15, 0.2) is 18.2 Å². The van der Waals surface area contributed by atoms with Crippen LogP contribution in [0.1, 0.15) is 24.8 Å². The van der Waals surface area contributed by atoms with Crippen molar-refractivity contribution in [2.45, 2.75) is 26.2 Å². The van der Waals surface area contributed by atoms with Gasteiger partial charge in [-0.25, -0.2) is 0 Å². The minimum atomic E-state index is -0.350. The van der Waals surface area contributed by atoms with E-state index in [1.807, 2.05) is 6.92 Å². The van der Waals surface area contributed by atoms with Gasteiger partial charge < -0.3 is 10.4 Å². The van der Waals surface area contributed by atoms with E-state index < -0.39 is 0 Å². The van der Waals surface area contributed by atoms with Gasteiger partial charge in [0.2, 0.25) is 17.7 Å². The van der Waals surface area contributed by atoms with Crippen LogP contribution in [0.3, 0.4) is 0 Å². The number of hydrogen-bond acceptors (Lipinski definition) is 4. The topological polar surface area (TPSA) is 86.7 Å². The van der Waals surface area contributed by atoms with Gasteiger partial charge in [-0.2, -0.15) is 0 Å². The Morgan fingerprint density at radius 2 is 1.95 bits per heavy atom. The van der Waals surface area contributed by atoms with E-state index >= 15 is 0 Å². The molecule has 0 saturated carbocycles. The average Bonchev–Trinajstić information content (AvgIpc) is 2.70. The molecule has 20 heavy (non-hydrogen) atoms. The molecule has 1 heterocycles. The molecule has 0 radical (unpaired) electrons. The lowest BCUT2D eigenvalue weighted by molar-refractivity contribution is -0.138. The molecule has 6 heteroatoms. The van der Waals surface area contributed by atoms with Crippen molar-refractivity contribution in [1.29, 1.82) is 0 Å². The van der Waals surface area contributed by atoms with Crippen molar-refractivity contribution in [3.05, 3.63) is 23.8 Å². The highest BCUT2D eigenvalue weighted by molar-refractivity contribution is 6.02. The third kappa shape index (κ3) is 3.14. The molecule has 0 unspecified atom stereocenters. The average molecular weight is 276 g/mol. The maximum atomic E-state index is 11.7. The van der Waals surface area contributed by atoms with E-state index in [1.54, 1.807) is 18.2 Å². The molecule has 0 atom stereocenters. The molecule has 106 valence electrons. The molecule has 3 amide bonds. The first-order valence-corrected chi connectivity index (χ1v) is 6.40. The van der Waals surface area contributed by atoms with Crippen molar-refractivity contribution in [2.24, 2.45) is 0 Å². The summed E-state index contributed by atoms with van der Waals surface area (Å²) in [6.07, 6.45) is 0.462. The smallest absolute Gasteiger partial charge is 0.229 e. The highest BCUT2D eigenvalue weighted by Crippen LogP contribution is 2.24. The Labute approximate surface area is 116 Å². The summed E-state index contributed by atoms with van der Waals surface area (Å²) in [5.41, 5.74) is 1.20. The first kappa shape index (κ1) is 14.0. The van der Waals surface area contributed by atoms with Crippen molar-refractivity contribution in [3.63, 3.8) is 0 Å². The maximum absolute atomic E-state index is 11.7. The molecule has 0 bridgehead atoms. The second kappa shape index (κ2) is 5.73. The molecule has 1 aromatic carbocycles. The SMILES string of the molecule is Cc1ccc(NC(=O)CCN2C(=O)CCC2=O)c(O)c1. The summed E-state index contributed by atoms with van der Waals surface area (Å²) in [5.74, 6) is -0.828. The van der Waals surface area contributed by atoms with Crippen LogP contribution in [0.2, 0.25) is 0 Å². The first-order chi connectivity index (χ1) is 9.47. The fraction of sp³-hybridized carbons (Fsp3) is 0.357. The lowest BCUT2D eigenvalue weighted by Crippen LogP contribution is -2.32. The van der Waals surface area contributed by atoms with Crippen molar-refractivity contribution >= 4 is 23.4 Å². The molecule has 2 N–H and O–H groups in total. The molecule has 1 fully saturated rings. The number of imide groups is 1. The Balaban J connectivity index is 1.89. The van der Waals surface area contributed by atoms with E-state index in [0.29, 0.717) is 5.69 Å². The highest BCUT2D eigenvalue weighted by Gasteiger charge is 2.28. The van der Waals surface area contributed by atoms with E-state index in [0.717, 1.165) is 10.5 Å². The molecular weight excluding hydrogens is 260 g/mol. The van der Waals surface area contributed by atoms with E-state index in [1.165, 1.54) is 0 Å². The minimum absolute atomic E-state index is 0.00771. The number of nitrogens with one attached hydrogen (secondary N) is 1. The van der Waals surface area contributed by atoms with Crippen LogP contribution in [0.4, 0.5) is 5.69 Å². The van der Waals surface area contributed by atoms with Crippen LogP contribution in [-0.2, 0) is 14.4 Å². The van der Waals surface area contributed by atoms with Crippen molar-refractivity contribution in [3.8, 4) is 5.75 Å². The first-order valence-electron chi connectivity index (χ1n) is 6.40. The number of nitrogens with zero attached hydrogens (tertiary/aromatic N) is 1. The summed E-state index contributed by atoms with van der Waals surface area (Å²) < 4.78 is 0. The van der Waals surface area contributed by atoms with Crippen molar-refractivity contribution in [1.82, 2.24) is 4.90 Å². The molecule has 6 nitrogen and oxygen atoms in total. The molecule has 0 aromatic heterocycles. The fourth-order valence-electron chi connectivity index (χ4n) is 2.05. The Hall–Kier alpha value is -2.37. The number of phenolic OH excluding ortho intramolecular Hbond substituents is 1. The van der Waals surface area contributed by atoms with E-state index in [4.69, 9.17) is 0 Å². The number of rotatable bonds is 4. The summed E-state index contributed by atoms with van der Waals surface area (Å²) in [5, 5.41) is 12.2. The number of likely N-dealkylation sites (tertiary alicyclic amines) is 1. The predicted molar refractivity (Wildman–Crippen MR) is 72.0 cm³/mol. The monoisotopic (exact) mass is 276 g/mol. The van der Waals surface area contributed by atoms with E-state index in [9.17, 15) is 19.5 Å². The molecule has 1 saturated heterocycles. The van der Waals surface area contributed by atoms with Gasteiger partial charge >= 0.3 is 0 Å². The molecule has 1 aromatic rings. The van der Waals surface area contributed by atoms with Crippen LogP contribution >= 0.6 is 0 Å². The third-order valence-electron chi connectivity index (χ3n) is 3.14. The van der Waals surface area contributed by atoms with Gasteiger partial charge in [0.15, 0.2) is 0 Å². The number of hydrogen-bond donors (Lipinski definition) is 2. The molecule has 1 aliphatic heterocycles. The van der Waals surface area contributed by atoms with E-state index in [-0.39, 0.29) is 49.3 Å². The molecule has 0 spiro atoms. The summed E-state index contributed by atoms with van der Waals surface area (Å²) in [6.45, 7) is 1.91. The van der Waals surface area contributed by atoms with Gasteiger partial charge in [-0.1, -0.05) is 6.07 Å². The van der Waals surface area contributed by atoms with Gasteiger partial charge in [0, 0.05) is 25.8 Å². The molecule has 1 aliphatic rings. The zero-order valence-electron chi connectivity index (χ0n) is 11.2. The number of aryl methyl sites for hydroxylation is 1. The number of benzene rings is 1. The van der Waals surface area contributed by atoms with Crippen LogP contribution in [0, 0.1) is 6.92 Å². The Bertz CT molecular complexity index is 552. The van der Waals surface area contributed by atoms with E-state index in [2.05, 4.69) is 5.32 Å². The third-order valence-corrected chi connectivity index (χ3v) is 3.14. The van der Waals surface area contributed by atoms with Crippen molar-refractivity contribution < 1.29 is 19.5 Å². The number of carbonyl (C=O) groups excluding carboxylic acids is 3. The lowest BCUT2D eigenvalue weighted by Gasteiger charge is -2.13. The second-order valence-electron chi connectivity index (χ2n) is 4.76. The fourth-order valence-corrected chi connectivity index (χ4v) is 2.05. The number of carbonyl (C=O) groups is 3. The summed E-state index contributed by atoms with van der Waals surface area (Å²) >= 11 is 0. The summed E-state index contributed by atoms with van der Waals surface area (Å²) in [4.78, 5) is 35.6. The van der Waals surface area contributed by atoms with Crippen LogP contribution in [0.25, 0.3) is 0 Å². The number of anilines is 1. The van der Waals surface area contributed by atoms with Crippen LogP contribution < -0.4 is 5.32 Å². The quantitative estimate of drug-likeness (QED) is 0.638. The van der Waals surface area contributed by atoms with Gasteiger partial charge in [-0.15, -0.1) is 0 Å². The summed E-state index contributed by atoms with van der Waals surface area (Å²) in [7, 11) is 0. The van der Waals surface area contributed by atoms with Crippen molar-refractivity contribution in [2.75, 3.05) is 11.9 Å². The predicted octanol–water partition coefficient (Wildman–Crippen LogP) is 1.18. The Kier molecular flexibility index (Phi) is 4.02. The van der Waals surface area contributed by atoms with Gasteiger partial charge in [0.25, 0.3) is 0 Å². The van der Waals surface area contributed by atoms with Gasteiger partial charge in [0.05, 0.1) is 5.69 Å². The zero-order valence-corrected chi connectivity index (χ0v) is 11.2. The van der Waals surface area contributed by atoms with Gasteiger partial charge in [-0.3, -0.25) is 19.3 Å². The van der Waals surface area contributed by atoms with Gasteiger partial charge in [-0.05, 0) is 24.6 Å². The van der Waals surface area contributed by atoms with Crippen LogP contribution in [-0.4, -0.2) is 34.3 Å². The molecule has 2 rings (SSSR count). The Morgan fingerprint density at radius 3 is 2.55 bits per heavy atom.